The molecule has 3 aromatic carbocycles. The molecule has 0 N–H and O–H groups in total. The summed E-state index contributed by atoms with van der Waals surface area (Å²) in [5, 5.41) is 0. The number of sulfone groups is 1. The molecule has 0 bridgehead atoms. The molecule has 0 saturated heterocycles. The molecule has 0 aliphatic carbocycles. The third kappa shape index (κ3) is 5.08. The zero-order valence-electron chi connectivity index (χ0n) is 16.2. The van der Waals surface area contributed by atoms with E-state index >= 15 is 0 Å². The standard InChI is InChI=1S/C25H24O2S/c1-20-11-15-22(16-12-20)9-6-10-25(19-23-7-4-3-5-8-23)28(26,27)24-17-13-21(2)14-18-24/h3-8,10-19H,9H2,1-2H3/b10-6+,25-19+. The number of hydrogen-bond donors (Lipinski definition) is 0. The first kappa shape index (κ1) is 19.8. The van der Waals surface area contributed by atoms with Crippen molar-refractivity contribution in [1.29, 1.82) is 0 Å². The second kappa shape index (κ2) is 8.85. The summed E-state index contributed by atoms with van der Waals surface area (Å²) in [6.45, 7) is 3.99. The second-order valence-electron chi connectivity index (χ2n) is 6.87. The van der Waals surface area contributed by atoms with E-state index in [9.17, 15) is 8.42 Å². The number of hydrogen-bond acceptors (Lipinski definition) is 2. The average Bonchev–Trinajstić information content (AvgIpc) is 2.70. The predicted octanol–water partition coefficient (Wildman–Crippen LogP) is 5.92. The van der Waals surface area contributed by atoms with Crippen LogP contribution in [0, 0.1) is 13.8 Å². The monoisotopic (exact) mass is 388 g/mol. The highest BCUT2D eigenvalue weighted by molar-refractivity contribution is 7.95. The van der Waals surface area contributed by atoms with Gasteiger partial charge >= 0.3 is 0 Å². The Morgan fingerprint density at radius 2 is 1.36 bits per heavy atom. The molecule has 0 aliphatic heterocycles. The lowest BCUT2D eigenvalue weighted by Crippen LogP contribution is -2.03. The lowest BCUT2D eigenvalue weighted by atomic mass is 10.1. The molecule has 3 aromatic rings. The van der Waals surface area contributed by atoms with Gasteiger partial charge in [-0.05, 0) is 55.7 Å². The maximum absolute atomic E-state index is 13.2. The van der Waals surface area contributed by atoms with Crippen molar-refractivity contribution in [1.82, 2.24) is 0 Å². The van der Waals surface area contributed by atoms with Crippen molar-refractivity contribution in [2.24, 2.45) is 0 Å². The van der Waals surface area contributed by atoms with E-state index in [-0.39, 0.29) is 4.91 Å². The molecule has 0 fully saturated rings. The highest BCUT2D eigenvalue weighted by Gasteiger charge is 2.18. The van der Waals surface area contributed by atoms with Crippen LogP contribution in [-0.4, -0.2) is 8.42 Å². The molecule has 0 aromatic heterocycles. The van der Waals surface area contributed by atoms with Gasteiger partial charge in [0.25, 0.3) is 0 Å². The van der Waals surface area contributed by atoms with Crippen molar-refractivity contribution < 1.29 is 8.42 Å². The fraction of sp³-hybridized carbons (Fsp3) is 0.120. The van der Waals surface area contributed by atoms with E-state index in [1.165, 1.54) is 5.56 Å². The van der Waals surface area contributed by atoms with Crippen LogP contribution in [0.25, 0.3) is 6.08 Å². The van der Waals surface area contributed by atoms with Crippen LogP contribution in [0.4, 0.5) is 0 Å². The molecule has 2 nitrogen and oxygen atoms in total. The van der Waals surface area contributed by atoms with Gasteiger partial charge in [-0.1, -0.05) is 83.9 Å². The van der Waals surface area contributed by atoms with Crippen LogP contribution in [0.2, 0.25) is 0 Å². The minimum atomic E-state index is -3.60. The van der Waals surface area contributed by atoms with Gasteiger partial charge in [-0.2, -0.15) is 0 Å². The first-order chi connectivity index (χ1) is 13.4. The summed E-state index contributed by atoms with van der Waals surface area (Å²) in [7, 11) is -3.60. The molecule has 142 valence electrons. The molecule has 0 amide bonds. The molecule has 0 radical (unpaired) electrons. The SMILES string of the molecule is Cc1ccc(C/C=C/C(=C\c2ccccc2)S(=O)(=O)c2ccc(C)cc2)cc1. The van der Waals surface area contributed by atoms with Gasteiger partial charge in [-0.15, -0.1) is 0 Å². The summed E-state index contributed by atoms with van der Waals surface area (Å²) in [5.41, 5.74) is 4.24. The molecule has 0 spiro atoms. The van der Waals surface area contributed by atoms with Gasteiger partial charge in [0.1, 0.15) is 0 Å². The van der Waals surface area contributed by atoms with Crippen molar-refractivity contribution in [3.05, 3.63) is 118 Å². The Labute approximate surface area is 167 Å². The molecule has 0 unspecified atom stereocenters. The third-order valence-corrected chi connectivity index (χ3v) is 6.27. The number of aryl methyl sites for hydroxylation is 2. The number of rotatable bonds is 6. The fourth-order valence-electron chi connectivity index (χ4n) is 2.82. The number of allylic oxidation sites excluding steroid dienone is 2. The summed E-state index contributed by atoms with van der Waals surface area (Å²) >= 11 is 0. The Kier molecular flexibility index (Phi) is 6.27. The second-order valence-corrected chi connectivity index (χ2v) is 8.82. The molecule has 3 rings (SSSR count). The zero-order valence-corrected chi connectivity index (χ0v) is 17.0. The molecule has 3 heteroatoms. The fourth-order valence-corrected chi connectivity index (χ4v) is 4.15. The van der Waals surface area contributed by atoms with Crippen molar-refractivity contribution in [3.8, 4) is 0 Å². The zero-order chi connectivity index (χ0) is 20.0. The number of benzene rings is 3. The van der Waals surface area contributed by atoms with Gasteiger partial charge in [-0.3, -0.25) is 0 Å². The maximum Gasteiger partial charge on any atom is 0.206 e. The van der Waals surface area contributed by atoms with Crippen LogP contribution in [-0.2, 0) is 16.3 Å². The first-order valence-electron chi connectivity index (χ1n) is 9.26. The van der Waals surface area contributed by atoms with E-state index in [4.69, 9.17) is 0 Å². The minimum Gasteiger partial charge on any atom is -0.219 e. The quantitative estimate of drug-likeness (QED) is 0.491. The van der Waals surface area contributed by atoms with E-state index in [2.05, 4.69) is 31.2 Å². The molecule has 0 saturated carbocycles. The Hall–Kier alpha value is -2.91. The molecular formula is C25H24O2S. The van der Waals surface area contributed by atoms with Gasteiger partial charge in [0.2, 0.25) is 9.84 Å². The topological polar surface area (TPSA) is 34.1 Å². The highest BCUT2D eigenvalue weighted by atomic mass is 32.2. The normalized spacial score (nSPS) is 12.4. The molecular weight excluding hydrogens is 364 g/mol. The lowest BCUT2D eigenvalue weighted by Gasteiger charge is -2.07. The summed E-state index contributed by atoms with van der Waals surface area (Å²) < 4.78 is 26.4. The van der Waals surface area contributed by atoms with Crippen LogP contribution < -0.4 is 0 Å². The first-order valence-corrected chi connectivity index (χ1v) is 10.7. The molecule has 0 heterocycles. The van der Waals surface area contributed by atoms with Crippen molar-refractivity contribution in [3.63, 3.8) is 0 Å². The predicted molar refractivity (Wildman–Crippen MR) is 117 cm³/mol. The van der Waals surface area contributed by atoms with Crippen LogP contribution in [0.5, 0.6) is 0 Å². The Morgan fingerprint density at radius 1 is 0.786 bits per heavy atom. The summed E-state index contributed by atoms with van der Waals surface area (Å²) in [6, 6.07) is 24.7. The molecule has 0 aliphatic rings. The lowest BCUT2D eigenvalue weighted by molar-refractivity contribution is 0.603. The van der Waals surface area contributed by atoms with Gasteiger partial charge in [0.05, 0.1) is 9.80 Å². The van der Waals surface area contributed by atoms with Gasteiger partial charge in [0.15, 0.2) is 0 Å². The average molecular weight is 389 g/mol. The minimum absolute atomic E-state index is 0.287. The van der Waals surface area contributed by atoms with Crippen LogP contribution in [0.3, 0.4) is 0 Å². The Balaban J connectivity index is 1.95. The highest BCUT2D eigenvalue weighted by Crippen LogP contribution is 2.23. The van der Waals surface area contributed by atoms with Crippen molar-refractivity contribution in [2.75, 3.05) is 0 Å². The van der Waals surface area contributed by atoms with Crippen molar-refractivity contribution >= 4 is 15.9 Å². The van der Waals surface area contributed by atoms with E-state index in [0.29, 0.717) is 11.3 Å². The summed E-state index contributed by atoms with van der Waals surface area (Å²) in [4.78, 5) is 0.593. The maximum atomic E-state index is 13.2. The van der Waals surface area contributed by atoms with Crippen LogP contribution in [0.1, 0.15) is 22.3 Å². The largest absolute Gasteiger partial charge is 0.219 e. The molecule has 0 atom stereocenters. The van der Waals surface area contributed by atoms with Crippen molar-refractivity contribution in [2.45, 2.75) is 25.2 Å². The Morgan fingerprint density at radius 3 is 1.96 bits per heavy atom. The van der Waals surface area contributed by atoms with Crippen LogP contribution in [0.15, 0.2) is 101 Å². The Bertz CT molecular complexity index is 1070. The smallest absolute Gasteiger partial charge is 0.206 e. The van der Waals surface area contributed by atoms with E-state index < -0.39 is 9.84 Å². The third-order valence-electron chi connectivity index (χ3n) is 4.51. The molecule has 28 heavy (non-hydrogen) atoms. The summed E-state index contributed by atoms with van der Waals surface area (Å²) in [5.74, 6) is 0. The summed E-state index contributed by atoms with van der Waals surface area (Å²) in [6.07, 6.45) is 6.02. The van der Waals surface area contributed by atoms with E-state index in [1.807, 2.05) is 55.5 Å². The van der Waals surface area contributed by atoms with Gasteiger partial charge < -0.3 is 0 Å². The van der Waals surface area contributed by atoms with E-state index in [1.54, 1.807) is 24.3 Å². The van der Waals surface area contributed by atoms with Crippen LogP contribution >= 0.6 is 0 Å². The van der Waals surface area contributed by atoms with Gasteiger partial charge in [-0.25, -0.2) is 8.42 Å². The van der Waals surface area contributed by atoms with Gasteiger partial charge in [0, 0.05) is 0 Å². The van der Waals surface area contributed by atoms with E-state index in [0.717, 1.165) is 16.7 Å².